The van der Waals surface area contributed by atoms with Gasteiger partial charge in [-0.2, -0.15) is 0 Å². The SMILES string of the molecule is C=C(C=Nc1ccccc1C)Oc1c(O)cc(NS(=O)(=O)C2=CC=C(C)C=C(OC)C2)cc1Cl. The van der Waals surface area contributed by atoms with Crippen LogP contribution in [0, 0.1) is 6.92 Å². The van der Waals surface area contributed by atoms with Gasteiger partial charge in [-0.05, 0) is 49.3 Å². The Morgan fingerprint density at radius 3 is 2.65 bits per heavy atom. The van der Waals surface area contributed by atoms with Crippen molar-refractivity contribution in [3.8, 4) is 11.5 Å². The molecule has 178 valence electrons. The summed E-state index contributed by atoms with van der Waals surface area (Å²) in [5.41, 5.74) is 2.65. The van der Waals surface area contributed by atoms with Crippen molar-refractivity contribution >= 4 is 39.2 Å². The molecule has 0 spiro atoms. The highest BCUT2D eigenvalue weighted by Gasteiger charge is 2.22. The molecule has 0 atom stereocenters. The van der Waals surface area contributed by atoms with Gasteiger partial charge in [-0.1, -0.05) is 42.5 Å². The van der Waals surface area contributed by atoms with Crippen molar-refractivity contribution in [1.82, 2.24) is 0 Å². The number of aromatic hydroxyl groups is 1. The lowest BCUT2D eigenvalue weighted by Crippen LogP contribution is -2.15. The molecule has 0 aromatic heterocycles. The van der Waals surface area contributed by atoms with Crippen LogP contribution in [0.2, 0.25) is 5.02 Å². The standard InChI is InChI=1S/C25H25ClN2O5S/c1-16-9-10-21(14-20(11-16)32-4)34(30,31)28-19-12-22(26)25(24(29)13-19)33-18(3)15-27-23-8-6-5-7-17(23)2/h5-13,15,28-29H,3,14H2,1-2,4H3. The predicted octanol–water partition coefficient (Wildman–Crippen LogP) is 6.15. The normalized spacial score (nSPS) is 14.1. The van der Waals surface area contributed by atoms with Gasteiger partial charge >= 0.3 is 0 Å². The Labute approximate surface area is 204 Å². The molecule has 2 aromatic rings. The van der Waals surface area contributed by atoms with Crippen molar-refractivity contribution in [1.29, 1.82) is 0 Å². The minimum Gasteiger partial charge on any atom is -0.504 e. The Bertz CT molecular complexity index is 1320. The summed E-state index contributed by atoms with van der Waals surface area (Å²) in [4.78, 5) is 4.42. The zero-order chi connectivity index (χ0) is 24.9. The van der Waals surface area contributed by atoms with E-state index in [2.05, 4.69) is 16.3 Å². The number of nitrogens with zero attached hydrogens (tertiary/aromatic N) is 1. The van der Waals surface area contributed by atoms with Crippen molar-refractivity contribution in [3.63, 3.8) is 0 Å². The number of aryl methyl sites for hydroxylation is 1. The highest BCUT2D eigenvalue weighted by Crippen LogP contribution is 2.39. The van der Waals surface area contributed by atoms with Crippen LogP contribution in [0.4, 0.5) is 11.4 Å². The quantitative estimate of drug-likeness (QED) is 0.334. The summed E-state index contributed by atoms with van der Waals surface area (Å²) >= 11 is 6.27. The number of rotatable bonds is 8. The molecule has 7 nitrogen and oxygen atoms in total. The van der Waals surface area contributed by atoms with Crippen LogP contribution in [0.5, 0.6) is 11.5 Å². The molecule has 0 amide bonds. The molecular weight excluding hydrogens is 476 g/mol. The van der Waals surface area contributed by atoms with E-state index in [1.165, 1.54) is 31.5 Å². The van der Waals surface area contributed by atoms with Crippen molar-refractivity contribution in [2.45, 2.75) is 20.3 Å². The largest absolute Gasteiger partial charge is 0.504 e. The number of phenols is 1. The van der Waals surface area contributed by atoms with Crippen LogP contribution in [0.3, 0.4) is 0 Å². The fraction of sp³-hybridized carbons (Fsp3) is 0.160. The van der Waals surface area contributed by atoms with Gasteiger partial charge in [0.05, 0.1) is 34.6 Å². The van der Waals surface area contributed by atoms with Crippen LogP contribution in [-0.2, 0) is 14.8 Å². The van der Waals surface area contributed by atoms with Gasteiger partial charge in [0, 0.05) is 12.5 Å². The number of nitrogens with one attached hydrogen (secondary N) is 1. The van der Waals surface area contributed by atoms with Crippen molar-refractivity contribution < 1.29 is 23.0 Å². The number of aliphatic imine (C=N–C) groups is 1. The molecular formula is C25H25ClN2O5S. The summed E-state index contributed by atoms with van der Waals surface area (Å²) < 4.78 is 39.1. The number of allylic oxidation sites excluding steroid dienone is 6. The number of hydrogen-bond donors (Lipinski definition) is 2. The number of methoxy groups -OCH3 is 1. The molecule has 0 unspecified atom stereocenters. The number of ether oxygens (including phenoxy) is 2. The average molecular weight is 501 g/mol. The van der Waals surface area contributed by atoms with E-state index in [1.54, 1.807) is 12.2 Å². The minimum atomic E-state index is -3.94. The van der Waals surface area contributed by atoms with Crippen molar-refractivity contribution in [2.75, 3.05) is 11.8 Å². The summed E-state index contributed by atoms with van der Waals surface area (Å²) in [6.45, 7) is 7.53. The Hall–Kier alpha value is -3.49. The van der Waals surface area contributed by atoms with Gasteiger partial charge in [0.2, 0.25) is 0 Å². The molecule has 1 aliphatic carbocycles. The molecule has 1 aliphatic rings. The monoisotopic (exact) mass is 500 g/mol. The van der Waals surface area contributed by atoms with Crippen LogP contribution in [0.25, 0.3) is 0 Å². The highest BCUT2D eigenvalue weighted by molar-refractivity contribution is 7.96. The number of anilines is 1. The van der Waals surface area contributed by atoms with Crippen LogP contribution in [-0.4, -0.2) is 26.8 Å². The topological polar surface area (TPSA) is 97.2 Å². The molecule has 2 N–H and O–H groups in total. The molecule has 3 rings (SSSR count). The van der Waals surface area contributed by atoms with Crippen LogP contribution in [0.1, 0.15) is 18.9 Å². The molecule has 0 saturated carbocycles. The first kappa shape index (κ1) is 25.1. The van der Waals surface area contributed by atoms with Crippen LogP contribution < -0.4 is 9.46 Å². The first-order valence-electron chi connectivity index (χ1n) is 10.2. The van der Waals surface area contributed by atoms with Gasteiger partial charge in [-0.3, -0.25) is 9.71 Å². The third-order valence-corrected chi connectivity index (χ3v) is 6.60. The molecule has 0 bridgehead atoms. The van der Waals surface area contributed by atoms with Gasteiger partial charge in [0.25, 0.3) is 10.0 Å². The first-order valence-corrected chi connectivity index (χ1v) is 12.1. The highest BCUT2D eigenvalue weighted by atomic mass is 35.5. The van der Waals surface area contributed by atoms with Gasteiger partial charge < -0.3 is 14.6 Å². The van der Waals surface area contributed by atoms with Gasteiger partial charge in [-0.25, -0.2) is 8.42 Å². The zero-order valence-electron chi connectivity index (χ0n) is 19.0. The third kappa shape index (κ3) is 6.30. The summed E-state index contributed by atoms with van der Waals surface area (Å²) in [7, 11) is -2.46. The molecule has 0 heterocycles. The molecule has 34 heavy (non-hydrogen) atoms. The maximum Gasteiger partial charge on any atom is 0.258 e. The number of benzene rings is 2. The maximum atomic E-state index is 12.9. The summed E-state index contributed by atoms with van der Waals surface area (Å²) in [6, 6.07) is 10.1. The number of para-hydroxylation sites is 1. The van der Waals surface area contributed by atoms with Crippen molar-refractivity contribution in [3.05, 3.63) is 93.8 Å². The number of sulfonamides is 1. The minimum absolute atomic E-state index is 0.00814. The smallest absolute Gasteiger partial charge is 0.258 e. The van der Waals surface area contributed by atoms with E-state index in [0.29, 0.717) is 5.76 Å². The molecule has 0 fully saturated rings. The number of hydrogen-bond acceptors (Lipinski definition) is 6. The predicted molar refractivity (Wildman–Crippen MR) is 136 cm³/mol. The average Bonchev–Trinajstić information content (AvgIpc) is 2.97. The molecule has 0 aliphatic heterocycles. The van der Waals surface area contributed by atoms with E-state index >= 15 is 0 Å². The number of phenolic OH excluding ortho intramolecular Hbond substituents is 1. The lowest BCUT2D eigenvalue weighted by atomic mass is 10.2. The van der Waals surface area contributed by atoms with E-state index in [4.69, 9.17) is 21.1 Å². The first-order chi connectivity index (χ1) is 16.1. The van der Waals surface area contributed by atoms with Gasteiger partial charge in [0.1, 0.15) is 11.5 Å². The maximum absolute atomic E-state index is 12.9. The Morgan fingerprint density at radius 2 is 1.97 bits per heavy atom. The Kier molecular flexibility index (Phi) is 7.86. The fourth-order valence-electron chi connectivity index (χ4n) is 3.09. The van der Waals surface area contributed by atoms with Gasteiger partial charge in [0.15, 0.2) is 11.5 Å². The Balaban J connectivity index is 1.77. The second-order valence-corrected chi connectivity index (χ2v) is 9.70. The van der Waals surface area contributed by atoms with E-state index in [-0.39, 0.29) is 39.3 Å². The lowest BCUT2D eigenvalue weighted by molar-refractivity contribution is 0.284. The summed E-state index contributed by atoms with van der Waals surface area (Å²) in [5, 5.41) is 10.4. The third-order valence-electron chi connectivity index (χ3n) is 4.85. The second kappa shape index (κ2) is 10.6. The molecule has 2 aromatic carbocycles. The Morgan fingerprint density at radius 1 is 1.24 bits per heavy atom. The van der Waals surface area contributed by atoms with E-state index in [9.17, 15) is 13.5 Å². The van der Waals surface area contributed by atoms with E-state index in [1.807, 2.05) is 38.1 Å². The van der Waals surface area contributed by atoms with E-state index < -0.39 is 10.0 Å². The summed E-state index contributed by atoms with van der Waals surface area (Å²) in [6.07, 6.45) is 6.45. The molecule has 9 heteroatoms. The summed E-state index contributed by atoms with van der Waals surface area (Å²) in [5.74, 6) is 0.221. The lowest BCUT2D eigenvalue weighted by Gasteiger charge is -2.14. The molecule has 0 radical (unpaired) electrons. The van der Waals surface area contributed by atoms with Gasteiger partial charge in [-0.15, -0.1) is 0 Å². The van der Waals surface area contributed by atoms with Crippen LogP contribution in [0.15, 0.2) is 88.2 Å². The fourth-order valence-corrected chi connectivity index (χ4v) is 4.48. The van der Waals surface area contributed by atoms with Crippen molar-refractivity contribution in [2.24, 2.45) is 4.99 Å². The second-order valence-electron chi connectivity index (χ2n) is 7.56. The zero-order valence-corrected chi connectivity index (χ0v) is 20.6. The van der Waals surface area contributed by atoms with E-state index in [0.717, 1.165) is 16.8 Å². The van der Waals surface area contributed by atoms with Crippen LogP contribution >= 0.6 is 11.6 Å². The molecule has 0 saturated heterocycles. The number of halogens is 1.